The number of nitrogens with zero attached hydrogens (tertiary/aromatic N) is 2. The predicted molar refractivity (Wildman–Crippen MR) is 74.8 cm³/mol. The summed E-state index contributed by atoms with van der Waals surface area (Å²) in [6.07, 6.45) is 1.46. The summed E-state index contributed by atoms with van der Waals surface area (Å²) in [7, 11) is 0. The highest BCUT2D eigenvalue weighted by atomic mass is 16.4. The van der Waals surface area contributed by atoms with Gasteiger partial charge in [-0.1, -0.05) is 18.2 Å². The molecule has 3 aromatic rings. The maximum atomic E-state index is 12.1. The Morgan fingerprint density at radius 2 is 2.00 bits per heavy atom. The van der Waals surface area contributed by atoms with Crippen LogP contribution in [0.5, 0.6) is 0 Å². The number of para-hydroxylation sites is 1. The van der Waals surface area contributed by atoms with E-state index in [0.717, 1.165) is 5.39 Å². The van der Waals surface area contributed by atoms with Crippen molar-refractivity contribution >= 4 is 16.8 Å². The first-order chi connectivity index (χ1) is 9.70. The van der Waals surface area contributed by atoms with Gasteiger partial charge in [0.25, 0.3) is 0 Å². The van der Waals surface area contributed by atoms with Gasteiger partial charge in [0.15, 0.2) is 0 Å². The maximum absolute atomic E-state index is 12.1. The first kappa shape index (κ1) is 11.9. The van der Waals surface area contributed by atoms with Crippen LogP contribution in [-0.2, 0) is 0 Å². The first-order valence-corrected chi connectivity index (χ1v) is 5.88. The Kier molecular flexibility index (Phi) is 2.70. The van der Waals surface area contributed by atoms with Crippen LogP contribution in [0, 0.1) is 11.3 Å². The van der Waals surface area contributed by atoms with Gasteiger partial charge < -0.3 is 10.2 Å². The second-order valence-electron chi connectivity index (χ2n) is 4.22. The molecule has 5 heteroatoms. The second-order valence-corrected chi connectivity index (χ2v) is 4.22. The Balaban J connectivity index is 2.36. The Labute approximate surface area is 113 Å². The van der Waals surface area contributed by atoms with Gasteiger partial charge in [0.05, 0.1) is 5.56 Å². The molecule has 0 amide bonds. The van der Waals surface area contributed by atoms with Crippen molar-refractivity contribution in [2.75, 3.05) is 5.73 Å². The Morgan fingerprint density at radius 1 is 1.20 bits per heavy atom. The number of pyridine rings is 1. The summed E-state index contributed by atoms with van der Waals surface area (Å²) < 4.78 is 5.26. The third-order valence-corrected chi connectivity index (χ3v) is 3.02. The molecule has 2 aromatic heterocycles. The third-order valence-electron chi connectivity index (χ3n) is 3.02. The highest BCUT2D eigenvalue weighted by molar-refractivity contribution is 5.83. The van der Waals surface area contributed by atoms with Gasteiger partial charge in [-0.3, -0.25) is 0 Å². The minimum Gasteiger partial charge on any atom is -0.422 e. The molecule has 0 unspecified atom stereocenters. The van der Waals surface area contributed by atoms with Gasteiger partial charge in [-0.15, -0.1) is 0 Å². The van der Waals surface area contributed by atoms with Crippen LogP contribution in [0.2, 0.25) is 0 Å². The van der Waals surface area contributed by atoms with Crippen LogP contribution in [0.3, 0.4) is 0 Å². The summed E-state index contributed by atoms with van der Waals surface area (Å²) in [5, 5.41) is 9.94. The van der Waals surface area contributed by atoms with Crippen LogP contribution < -0.4 is 11.4 Å². The maximum Gasteiger partial charge on any atom is 0.344 e. The number of hydrogen-bond donors (Lipinski definition) is 1. The van der Waals surface area contributed by atoms with Gasteiger partial charge in [-0.2, -0.15) is 5.26 Å². The molecule has 0 saturated heterocycles. The molecule has 0 saturated carbocycles. The predicted octanol–water partition coefficient (Wildman–Crippen LogP) is 2.31. The monoisotopic (exact) mass is 263 g/mol. The Bertz CT molecular complexity index is 907. The SMILES string of the molecule is N#Cc1c(-c2cc3ccccc3oc2=O)ccnc1N. The number of nitriles is 1. The van der Waals surface area contributed by atoms with E-state index in [-0.39, 0.29) is 11.4 Å². The van der Waals surface area contributed by atoms with E-state index in [2.05, 4.69) is 4.98 Å². The second kappa shape index (κ2) is 4.52. The molecule has 5 nitrogen and oxygen atoms in total. The molecule has 0 aliphatic rings. The Morgan fingerprint density at radius 3 is 2.80 bits per heavy atom. The molecule has 0 atom stereocenters. The van der Waals surface area contributed by atoms with Crippen LogP contribution in [0.4, 0.5) is 5.82 Å². The molecular weight excluding hydrogens is 254 g/mol. The smallest absolute Gasteiger partial charge is 0.344 e. The zero-order valence-electron chi connectivity index (χ0n) is 10.3. The summed E-state index contributed by atoms with van der Waals surface area (Å²) in [6, 6.07) is 12.4. The van der Waals surface area contributed by atoms with Crippen LogP contribution >= 0.6 is 0 Å². The number of aromatic nitrogens is 1. The number of anilines is 1. The highest BCUT2D eigenvalue weighted by Gasteiger charge is 2.14. The van der Waals surface area contributed by atoms with Crippen molar-refractivity contribution in [1.29, 1.82) is 5.26 Å². The molecule has 0 fully saturated rings. The van der Waals surface area contributed by atoms with E-state index in [1.54, 1.807) is 24.3 Å². The number of hydrogen-bond acceptors (Lipinski definition) is 5. The molecule has 0 aliphatic carbocycles. The molecule has 0 spiro atoms. The van der Waals surface area contributed by atoms with Gasteiger partial charge in [0, 0.05) is 17.1 Å². The zero-order valence-corrected chi connectivity index (χ0v) is 10.3. The third kappa shape index (κ3) is 1.80. The lowest BCUT2D eigenvalue weighted by molar-refractivity contribution is 0.563. The molecule has 3 rings (SSSR count). The van der Waals surface area contributed by atoms with E-state index >= 15 is 0 Å². The van der Waals surface area contributed by atoms with E-state index < -0.39 is 5.63 Å². The van der Waals surface area contributed by atoms with Crippen molar-refractivity contribution in [1.82, 2.24) is 4.98 Å². The molecular formula is C15H9N3O2. The van der Waals surface area contributed by atoms with Gasteiger partial charge in [0.2, 0.25) is 0 Å². The lowest BCUT2D eigenvalue weighted by atomic mass is 10.0. The van der Waals surface area contributed by atoms with Crippen molar-refractivity contribution in [3.63, 3.8) is 0 Å². The fourth-order valence-corrected chi connectivity index (χ4v) is 2.07. The van der Waals surface area contributed by atoms with Gasteiger partial charge in [-0.05, 0) is 18.2 Å². The summed E-state index contributed by atoms with van der Waals surface area (Å²) >= 11 is 0. The van der Waals surface area contributed by atoms with E-state index in [9.17, 15) is 4.79 Å². The van der Waals surface area contributed by atoms with Crippen LogP contribution in [0.1, 0.15) is 5.56 Å². The summed E-state index contributed by atoms with van der Waals surface area (Å²) in [5.41, 5.74) is 6.57. The largest absolute Gasteiger partial charge is 0.422 e. The molecule has 20 heavy (non-hydrogen) atoms. The molecule has 0 radical (unpaired) electrons. The normalized spacial score (nSPS) is 10.3. The summed E-state index contributed by atoms with van der Waals surface area (Å²) in [6.45, 7) is 0. The Hall–Kier alpha value is -3.13. The molecule has 0 aliphatic heterocycles. The number of rotatable bonds is 1. The average molecular weight is 263 g/mol. The van der Waals surface area contributed by atoms with Gasteiger partial charge >= 0.3 is 5.63 Å². The minimum atomic E-state index is -0.509. The summed E-state index contributed by atoms with van der Waals surface area (Å²) in [4.78, 5) is 15.9. The molecule has 2 heterocycles. The minimum absolute atomic E-state index is 0.0950. The first-order valence-electron chi connectivity index (χ1n) is 5.88. The number of nitrogen functional groups attached to an aromatic ring is 1. The van der Waals surface area contributed by atoms with Crippen LogP contribution in [0.15, 0.2) is 51.8 Å². The lowest BCUT2D eigenvalue weighted by Gasteiger charge is -2.05. The van der Waals surface area contributed by atoms with Crippen molar-refractivity contribution < 1.29 is 4.42 Å². The fraction of sp³-hybridized carbons (Fsp3) is 0. The standard InChI is InChI=1S/C15H9N3O2/c16-8-12-10(5-6-18-14(12)17)11-7-9-3-1-2-4-13(9)20-15(11)19/h1-7H,(H2,17,18). The molecule has 96 valence electrons. The average Bonchev–Trinajstić information content (AvgIpc) is 2.46. The van der Waals surface area contributed by atoms with E-state index in [1.165, 1.54) is 6.20 Å². The number of fused-ring (bicyclic) bond motifs is 1. The zero-order chi connectivity index (χ0) is 14.1. The van der Waals surface area contributed by atoms with Gasteiger partial charge in [-0.25, -0.2) is 9.78 Å². The van der Waals surface area contributed by atoms with Crippen molar-refractivity contribution in [3.8, 4) is 17.2 Å². The molecule has 0 bridgehead atoms. The van der Waals surface area contributed by atoms with Crippen LogP contribution in [-0.4, -0.2) is 4.98 Å². The number of benzene rings is 1. The van der Waals surface area contributed by atoms with E-state index in [1.807, 2.05) is 18.2 Å². The fourth-order valence-electron chi connectivity index (χ4n) is 2.07. The van der Waals surface area contributed by atoms with E-state index in [4.69, 9.17) is 15.4 Å². The summed E-state index contributed by atoms with van der Waals surface area (Å²) in [5.74, 6) is 0.0950. The molecule has 1 aromatic carbocycles. The quantitative estimate of drug-likeness (QED) is 0.680. The highest BCUT2D eigenvalue weighted by Crippen LogP contribution is 2.25. The van der Waals surface area contributed by atoms with Crippen LogP contribution in [0.25, 0.3) is 22.1 Å². The number of nitrogens with two attached hydrogens (primary N) is 1. The van der Waals surface area contributed by atoms with Gasteiger partial charge in [0.1, 0.15) is 23.0 Å². The van der Waals surface area contributed by atoms with E-state index in [0.29, 0.717) is 16.7 Å². The van der Waals surface area contributed by atoms with Crippen molar-refractivity contribution in [3.05, 3.63) is 58.6 Å². The van der Waals surface area contributed by atoms with Crippen molar-refractivity contribution in [2.24, 2.45) is 0 Å². The van der Waals surface area contributed by atoms with Crippen molar-refractivity contribution in [2.45, 2.75) is 0 Å². The molecule has 2 N–H and O–H groups in total. The topological polar surface area (TPSA) is 92.9 Å². The lowest BCUT2D eigenvalue weighted by Crippen LogP contribution is -2.05.